The molecule has 0 aromatic rings. The first kappa shape index (κ1) is 22.0. The second-order valence-corrected chi connectivity index (χ2v) is 6.57. The normalized spacial score (nSPS) is 21.8. The predicted octanol–water partition coefficient (Wildman–Crippen LogP) is 1.70. The number of hydrogen-bond donors (Lipinski definition) is 2. The molecule has 1 heterocycles. The number of hydrogen-bond acceptors (Lipinski definition) is 3. The number of halogens is 4. The first-order valence-corrected chi connectivity index (χ1v) is 7.29. The maximum atomic E-state index is 13.0. The monoisotopic (exact) mass is 359 g/mol. The van der Waals surface area contributed by atoms with Crippen LogP contribution < -0.4 is 11.1 Å². The molecule has 1 unspecified atom stereocenters. The van der Waals surface area contributed by atoms with Crippen molar-refractivity contribution in [2.24, 2.45) is 17.6 Å². The molecule has 1 aliphatic heterocycles. The van der Waals surface area contributed by atoms with Crippen molar-refractivity contribution in [3.8, 4) is 0 Å². The summed E-state index contributed by atoms with van der Waals surface area (Å²) < 4.78 is 38.9. The first-order valence-electron chi connectivity index (χ1n) is 7.29. The van der Waals surface area contributed by atoms with Crippen LogP contribution >= 0.6 is 12.4 Å². The summed E-state index contributed by atoms with van der Waals surface area (Å²) in [6.45, 7) is 6.03. The van der Waals surface area contributed by atoms with Crippen LogP contribution in [0.4, 0.5) is 13.2 Å². The molecule has 5 nitrogen and oxygen atoms in total. The molecule has 2 atom stereocenters. The van der Waals surface area contributed by atoms with Crippen LogP contribution in [0.15, 0.2) is 0 Å². The second kappa shape index (κ2) is 7.70. The molecular weight excluding hydrogens is 335 g/mol. The lowest BCUT2D eigenvalue weighted by atomic mass is 9.88. The molecule has 0 bridgehead atoms. The molecule has 0 saturated carbocycles. The maximum absolute atomic E-state index is 13.0. The Hall–Kier alpha value is -1.02. The summed E-state index contributed by atoms with van der Waals surface area (Å²) in [5.74, 6) is -2.65. The Kier molecular flexibility index (Phi) is 7.36. The van der Waals surface area contributed by atoms with Crippen LogP contribution in [0.1, 0.15) is 34.1 Å². The number of carbonyl (C=O) groups excluding carboxylic acids is 2. The van der Waals surface area contributed by atoms with E-state index in [0.29, 0.717) is 0 Å². The van der Waals surface area contributed by atoms with Crippen molar-refractivity contribution < 1.29 is 22.8 Å². The van der Waals surface area contributed by atoms with Crippen molar-refractivity contribution in [2.75, 3.05) is 13.1 Å². The third kappa shape index (κ3) is 4.97. The van der Waals surface area contributed by atoms with Crippen molar-refractivity contribution in [2.45, 2.75) is 51.9 Å². The molecule has 0 aromatic heterocycles. The second-order valence-electron chi connectivity index (χ2n) is 6.57. The van der Waals surface area contributed by atoms with Gasteiger partial charge in [0.2, 0.25) is 11.8 Å². The van der Waals surface area contributed by atoms with E-state index in [0.717, 1.165) is 0 Å². The van der Waals surface area contributed by atoms with Gasteiger partial charge in [0.1, 0.15) is 0 Å². The largest absolute Gasteiger partial charge is 0.394 e. The lowest BCUT2D eigenvalue weighted by molar-refractivity contribution is -0.192. The van der Waals surface area contributed by atoms with Crippen LogP contribution in [-0.2, 0) is 9.59 Å². The Bertz CT molecular complexity index is 441. The summed E-state index contributed by atoms with van der Waals surface area (Å²) in [5, 5.41) is 2.40. The highest BCUT2D eigenvalue weighted by molar-refractivity contribution is 5.87. The topological polar surface area (TPSA) is 75.4 Å². The average molecular weight is 360 g/mol. The standard InChI is InChI=1S/C14H24F3N3O2.ClH/c1-8(2)11(18)12(22)19-7-10(21)20-6-5-9(13(20,3)4)14(15,16)17;/h8-9,11H,5-7,18H2,1-4H3,(H,19,22);1H/t9?,11-;/m0./s1. The summed E-state index contributed by atoms with van der Waals surface area (Å²) in [6, 6.07) is -0.748. The fraction of sp³-hybridized carbons (Fsp3) is 0.857. The van der Waals surface area contributed by atoms with Crippen LogP contribution in [0, 0.1) is 11.8 Å². The number of rotatable bonds is 4. The SMILES string of the molecule is CC(C)[C@H](N)C(=O)NCC(=O)N1CCC(C(F)(F)F)C1(C)C.Cl. The maximum Gasteiger partial charge on any atom is 0.394 e. The number of nitrogens with two attached hydrogens (primary N) is 1. The predicted molar refractivity (Wildman–Crippen MR) is 83.0 cm³/mol. The van der Waals surface area contributed by atoms with Gasteiger partial charge in [-0.3, -0.25) is 9.59 Å². The third-order valence-electron chi connectivity index (χ3n) is 4.32. The fourth-order valence-electron chi connectivity index (χ4n) is 2.78. The van der Waals surface area contributed by atoms with E-state index in [1.807, 2.05) is 0 Å². The van der Waals surface area contributed by atoms with Crippen LogP contribution in [-0.4, -0.2) is 47.6 Å². The van der Waals surface area contributed by atoms with Crippen molar-refractivity contribution in [1.29, 1.82) is 0 Å². The van der Waals surface area contributed by atoms with Gasteiger partial charge < -0.3 is 16.0 Å². The van der Waals surface area contributed by atoms with Gasteiger partial charge in [-0.05, 0) is 26.2 Å². The minimum absolute atomic E-state index is 0. The van der Waals surface area contributed by atoms with Gasteiger partial charge in [0, 0.05) is 12.1 Å². The molecule has 1 rings (SSSR count). The van der Waals surface area contributed by atoms with Gasteiger partial charge in [0.15, 0.2) is 0 Å². The molecule has 23 heavy (non-hydrogen) atoms. The van der Waals surface area contributed by atoms with Gasteiger partial charge in [0.25, 0.3) is 0 Å². The molecule has 1 saturated heterocycles. The summed E-state index contributed by atoms with van der Waals surface area (Å²) in [6.07, 6.45) is -4.47. The van der Waals surface area contributed by atoms with Crippen molar-refractivity contribution in [3.05, 3.63) is 0 Å². The fourth-order valence-corrected chi connectivity index (χ4v) is 2.78. The van der Waals surface area contributed by atoms with Gasteiger partial charge in [0.05, 0.1) is 18.5 Å². The van der Waals surface area contributed by atoms with Gasteiger partial charge >= 0.3 is 6.18 Å². The Morgan fingerprint density at radius 2 is 1.87 bits per heavy atom. The molecule has 0 radical (unpaired) electrons. The van der Waals surface area contributed by atoms with E-state index in [1.54, 1.807) is 13.8 Å². The zero-order valence-corrected chi connectivity index (χ0v) is 14.6. The highest BCUT2D eigenvalue weighted by Crippen LogP contribution is 2.44. The quantitative estimate of drug-likeness (QED) is 0.802. The lowest BCUT2D eigenvalue weighted by Crippen LogP contribution is -2.53. The Morgan fingerprint density at radius 3 is 2.26 bits per heavy atom. The molecule has 0 aliphatic carbocycles. The van der Waals surface area contributed by atoms with Gasteiger partial charge in [-0.25, -0.2) is 0 Å². The van der Waals surface area contributed by atoms with Gasteiger partial charge in [-0.15, -0.1) is 12.4 Å². The first-order chi connectivity index (χ1) is 9.89. The molecular formula is C14H25ClF3N3O2. The van der Waals surface area contributed by atoms with Crippen molar-refractivity contribution in [1.82, 2.24) is 10.2 Å². The van der Waals surface area contributed by atoms with E-state index in [2.05, 4.69) is 5.32 Å². The van der Waals surface area contributed by atoms with E-state index in [1.165, 1.54) is 18.7 Å². The molecule has 9 heteroatoms. The molecule has 1 fully saturated rings. The Balaban J connectivity index is 0.00000484. The average Bonchev–Trinajstić information content (AvgIpc) is 2.69. The van der Waals surface area contributed by atoms with Crippen LogP contribution in [0.2, 0.25) is 0 Å². The highest BCUT2D eigenvalue weighted by atomic mass is 35.5. The third-order valence-corrected chi connectivity index (χ3v) is 4.32. The van der Waals surface area contributed by atoms with E-state index < -0.39 is 35.5 Å². The van der Waals surface area contributed by atoms with Crippen LogP contribution in [0.25, 0.3) is 0 Å². The number of likely N-dealkylation sites (tertiary alicyclic amines) is 1. The number of nitrogens with zero attached hydrogens (tertiary/aromatic N) is 1. The van der Waals surface area contributed by atoms with Crippen LogP contribution in [0.3, 0.4) is 0 Å². The summed E-state index contributed by atoms with van der Waals surface area (Å²) in [4.78, 5) is 25.0. The number of carbonyl (C=O) groups is 2. The van der Waals surface area contributed by atoms with E-state index in [-0.39, 0.29) is 37.8 Å². The zero-order valence-electron chi connectivity index (χ0n) is 13.7. The molecule has 136 valence electrons. The smallest absolute Gasteiger partial charge is 0.346 e. The summed E-state index contributed by atoms with van der Waals surface area (Å²) in [7, 11) is 0. The van der Waals surface area contributed by atoms with E-state index in [9.17, 15) is 22.8 Å². The minimum Gasteiger partial charge on any atom is -0.346 e. The van der Waals surface area contributed by atoms with Crippen molar-refractivity contribution in [3.63, 3.8) is 0 Å². The van der Waals surface area contributed by atoms with E-state index >= 15 is 0 Å². The number of amides is 2. The van der Waals surface area contributed by atoms with Crippen molar-refractivity contribution >= 4 is 24.2 Å². The zero-order chi connectivity index (χ0) is 17.3. The lowest BCUT2D eigenvalue weighted by Gasteiger charge is -2.36. The summed E-state index contributed by atoms with van der Waals surface area (Å²) >= 11 is 0. The van der Waals surface area contributed by atoms with E-state index in [4.69, 9.17) is 5.73 Å². The molecule has 1 aliphatic rings. The highest BCUT2D eigenvalue weighted by Gasteiger charge is 2.56. The van der Waals surface area contributed by atoms with Gasteiger partial charge in [-0.1, -0.05) is 13.8 Å². The minimum atomic E-state index is -4.35. The number of nitrogens with one attached hydrogen (secondary N) is 1. The molecule has 0 aromatic carbocycles. The van der Waals surface area contributed by atoms with Gasteiger partial charge in [-0.2, -0.15) is 13.2 Å². The van der Waals surface area contributed by atoms with Crippen LogP contribution in [0.5, 0.6) is 0 Å². The molecule has 2 amide bonds. The summed E-state index contributed by atoms with van der Waals surface area (Å²) in [5.41, 5.74) is 4.33. The molecule has 3 N–H and O–H groups in total. The molecule has 0 spiro atoms. The number of alkyl halides is 3. The Morgan fingerprint density at radius 1 is 1.35 bits per heavy atom. The Labute approximate surface area is 140 Å².